The first-order valence-electron chi connectivity index (χ1n) is 2.98. The van der Waals surface area contributed by atoms with Gasteiger partial charge in [0, 0.05) is 0 Å². The van der Waals surface area contributed by atoms with Gasteiger partial charge in [-0.25, -0.2) is 0 Å². The molecule has 0 saturated carbocycles. The monoisotopic (exact) mass is 145 g/mol. The summed E-state index contributed by atoms with van der Waals surface area (Å²) in [4.78, 5) is -0.533. The largest absolute Gasteiger partial charge is 0.410 e. The van der Waals surface area contributed by atoms with E-state index >= 15 is 0 Å². The molecule has 52 valence electrons. The summed E-state index contributed by atoms with van der Waals surface area (Å²) in [6.07, 6.45) is 3.13. The van der Waals surface area contributed by atoms with Crippen molar-refractivity contribution in [3.8, 4) is 6.26 Å². The van der Waals surface area contributed by atoms with Crippen molar-refractivity contribution in [3.05, 3.63) is 0 Å². The van der Waals surface area contributed by atoms with E-state index in [1.807, 2.05) is 13.8 Å². The van der Waals surface area contributed by atoms with Crippen molar-refractivity contribution in [1.29, 1.82) is 5.26 Å². The third-order valence-electron chi connectivity index (χ3n) is 1.34. The van der Waals surface area contributed by atoms with Crippen LogP contribution in [-0.2, 0) is 4.74 Å². The maximum atomic E-state index is 8.14. The molecular formula is C6H11NOS. The zero-order valence-corrected chi connectivity index (χ0v) is 6.61. The second-order valence-electron chi connectivity index (χ2n) is 1.85. The van der Waals surface area contributed by atoms with Gasteiger partial charge >= 0.3 is 0 Å². The topological polar surface area (TPSA) is 33.0 Å². The van der Waals surface area contributed by atoms with Crippen molar-refractivity contribution < 1.29 is 4.74 Å². The Kier molecular flexibility index (Phi) is 3.48. The first-order valence-corrected chi connectivity index (χ1v) is 3.42. The van der Waals surface area contributed by atoms with Crippen molar-refractivity contribution in [3.63, 3.8) is 0 Å². The number of nitriles is 1. The average Bonchev–Trinajstić information content (AvgIpc) is 1.89. The minimum atomic E-state index is -0.533. The predicted molar refractivity (Wildman–Crippen MR) is 39.0 cm³/mol. The van der Waals surface area contributed by atoms with Gasteiger partial charge in [-0.1, -0.05) is 13.8 Å². The van der Waals surface area contributed by atoms with E-state index < -0.39 is 4.93 Å². The fourth-order valence-electron chi connectivity index (χ4n) is 0.479. The van der Waals surface area contributed by atoms with Crippen LogP contribution < -0.4 is 0 Å². The number of hydrogen-bond donors (Lipinski definition) is 1. The van der Waals surface area contributed by atoms with Gasteiger partial charge in [-0.05, 0) is 12.8 Å². The van der Waals surface area contributed by atoms with E-state index in [2.05, 4.69) is 12.6 Å². The van der Waals surface area contributed by atoms with E-state index in [9.17, 15) is 0 Å². The Bertz CT molecular complexity index is 115. The highest BCUT2D eigenvalue weighted by Gasteiger charge is 2.21. The fourth-order valence-corrected chi connectivity index (χ4v) is 0.520. The molecule has 0 fully saturated rings. The highest BCUT2D eigenvalue weighted by molar-refractivity contribution is 7.81. The van der Waals surface area contributed by atoms with Crippen molar-refractivity contribution >= 4 is 12.6 Å². The molecule has 0 saturated heterocycles. The molecule has 0 atom stereocenters. The first-order chi connectivity index (χ1) is 4.18. The number of thiol groups is 1. The minimum Gasteiger partial charge on any atom is -0.410 e. The Hall–Kier alpha value is -0.360. The van der Waals surface area contributed by atoms with Gasteiger partial charge in [-0.2, -0.15) is 5.26 Å². The van der Waals surface area contributed by atoms with E-state index in [-0.39, 0.29) is 0 Å². The van der Waals surface area contributed by atoms with Crippen molar-refractivity contribution in [2.75, 3.05) is 0 Å². The van der Waals surface area contributed by atoms with Crippen LogP contribution in [0.5, 0.6) is 0 Å². The van der Waals surface area contributed by atoms with E-state index in [0.29, 0.717) is 0 Å². The lowest BCUT2D eigenvalue weighted by molar-refractivity contribution is 0.120. The lowest BCUT2D eigenvalue weighted by Gasteiger charge is -2.20. The molecular weight excluding hydrogens is 134 g/mol. The lowest BCUT2D eigenvalue weighted by atomic mass is 10.2. The summed E-state index contributed by atoms with van der Waals surface area (Å²) in [7, 11) is 0. The Morgan fingerprint density at radius 1 is 1.56 bits per heavy atom. The molecule has 0 N–H and O–H groups in total. The molecule has 9 heavy (non-hydrogen) atoms. The van der Waals surface area contributed by atoms with Crippen LogP contribution in [-0.4, -0.2) is 4.93 Å². The van der Waals surface area contributed by atoms with Crippen LogP contribution in [0, 0.1) is 11.5 Å². The molecule has 0 heterocycles. The molecule has 2 nitrogen and oxygen atoms in total. The van der Waals surface area contributed by atoms with Crippen LogP contribution in [0.15, 0.2) is 0 Å². The number of hydrogen-bond acceptors (Lipinski definition) is 3. The molecule has 0 radical (unpaired) electrons. The molecule has 0 spiro atoms. The number of ether oxygens (including phenoxy) is 1. The molecule has 0 aromatic rings. The Morgan fingerprint density at radius 3 is 2.11 bits per heavy atom. The predicted octanol–water partition coefficient (Wildman–Crippen LogP) is 1.93. The van der Waals surface area contributed by atoms with Gasteiger partial charge in [0.2, 0.25) is 0 Å². The molecule has 0 aliphatic rings. The second kappa shape index (κ2) is 3.62. The van der Waals surface area contributed by atoms with Crippen molar-refractivity contribution in [2.24, 2.45) is 0 Å². The number of nitrogens with zero attached hydrogens (tertiary/aromatic N) is 1. The molecule has 0 rings (SSSR count). The van der Waals surface area contributed by atoms with Gasteiger partial charge in [0.1, 0.15) is 0 Å². The standard InChI is InChI=1S/C6H11NOS/c1-3-6(9,4-2)8-5-7/h9H,3-4H2,1-2H3. The van der Waals surface area contributed by atoms with Crippen LogP contribution >= 0.6 is 12.6 Å². The zero-order chi connectivity index (χ0) is 7.33. The van der Waals surface area contributed by atoms with Crippen LogP contribution in [0.25, 0.3) is 0 Å². The van der Waals surface area contributed by atoms with Crippen LogP contribution in [0.3, 0.4) is 0 Å². The fraction of sp³-hybridized carbons (Fsp3) is 0.833. The third-order valence-corrected chi connectivity index (χ3v) is 2.06. The summed E-state index contributed by atoms with van der Waals surface area (Å²) in [5.74, 6) is 0. The van der Waals surface area contributed by atoms with E-state index in [1.54, 1.807) is 6.26 Å². The van der Waals surface area contributed by atoms with Gasteiger partial charge in [0.15, 0.2) is 4.93 Å². The summed E-state index contributed by atoms with van der Waals surface area (Å²) >= 11 is 4.15. The quantitative estimate of drug-likeness (QED) is 0.374. The van der Waals surface area contributed by atoms with E-state index in [4.69, 9.17) is 10.00 Å². The SMILES string of the molecule is CCC(S)(CC)OC#N. The highest BCUT2D eigenvalue weighted by Crippen LogP contribution is 2.23. The Balaban J connectivity index is 3.80. The lowest BCUT2D eigenvalue weighted by Crippen LogP contribution is -2.20. The van der Waals surface area contributed by atoms with Crippen LogP contribution in [0.1, 0.15) is 26.7 Å². The van der Waals surface area contributed by atoms with Gasteiger partial charge in [0.05, 0.1) is 0 Å². The molecule has 0 bridgehead atoms. The van der Waals surface area contributed by atoms with Gasteiger partial charge in [-0.15, -0.1) is 12.6 Å². The maximum Gasteiger partial charge on any atom is 0.287 e. The van der Waals surface area contributed by atoms with E-state index in [0.717, 1.165) is 12.8 Å². The number of rotatable bonds is 3. The summed E-state index contributed by atoms with van der Waals surface area (Å²) in [5.41, 5.74) is 0. The Morgan fingerprint density at radius 2 is 2.00 bits per heavy atom. The van der Waals surface area contributed by atoms with Gasteiger partial charge in [0.25, 0.3) is 6.26 Å². The minimum absolute atomic E-state index is 0.533. The normalized spacial score (nSPS) is 10.4. The summed E-state index contributed by atoms with van der Waals surface area (Å²) in [5, 5.41) is 8.14. The van der Waals surface area contributed by atoms with Crippen LogP contribution in [0.2, 0.25) is 0 Å². The van der Waals surface area contributed by atoms with Crippen LogP contribution in [0.4, 0.5) is 0 Å². The molecule has 3 heteroatoms. The molecule has 0 amide bonds. The highest BCUT2D eigenvalue weighted by atomic mass is 32.1. The average molecular weight is 145 g/mol. The maximum absolute atomic E-state index is 8.14. The third kappa shape index (κ3) is 2.62. The van der Waals surface area contributed by atoms with Gasteiger partial charge in [-0.3, -0.25) is 0 Å². The summed E-state index contributed by atoms with van der Waals surface area (Å²) < 4.78 is 4.70. The second-order valence-corrected chi connectivity index (χ2v) is 2.66. The summed E-state index contributed by atoms with van der Waals surface area (Å²) in [6, 6.07) is 0. The molecule has 0 unspecified atom stereocenters. The zero-order valence-electron chi connectivity index (χ0n) is 5.72. The molecule has 0 aromatic heterocycles. The van der Waals surface area contributed by atoms with Crippen molar-refractivity contribution in [2.45, 2.75) is 31.6 Å². The smallest absolute Gasteiger partial charge is 0.287 e. The molecule has 0 aromatic carbocycles. The summed E-state index contributed by atoms with van der Waals surface area (Å²) in [6.45, 7) is 3.88. The van der Waals surface area contributed by atoms with E-state index in [1.165, 1.54) is 0 Å². The molecule has 0 aliphatic carbocycles. The molecule has 0 aliphatic heterocycles. The first kappa shape index (κ1) is 8.64. The van der Waals surface area contributed by atoms with Gasteiger partial charge < -0.3 is 4.74 Å². The van der Waals surface area contributed by atoms with Crippen molar-refractivity contribution in [1.82, 2.24) is 0 Å². The Labute approximate surface area is 61.2 Å².